The van der Waals surface area contributed by atoms with Gasteiger partial charge in [-0.2, -0.15) is 0 Å². The minimum absolute atomic E-state index is 0. The quantitative estimate of drug-likeness (QED) is 0.431. The molecular formula is C13H10LiNO4. The van der Waals surface area contributed by atoms with Crippen LogP contribution in [0.15, 0.2) is 39.7 Å². The number of fused-ring (bicyclic) bond motifs is 3. The second kappa shape index (κ2) is 5.04. The number of nitrogens with zero attached hydrogens (tertiary/aromatic N) is 1. The van der Waals surface area contributed by atoms with Crippen molar-refractivity contribution in [2.75, 3.05) is 6.61 Å². The van der Waals surface area contributed by atoms with E-state index in [9.17, 15) is 9.59 Å². The van der Waals surface area contributed by atoms with Gasteiger partial charge in [0.15, 0.2) is 0 Å². The summed E-state index contributed by atoms with van der Waals surface area (Å²) in [6.45, 7) is 1.97. The van der Waals surface area contributed by atoms with Gasteiger partial charge in [0, 0.05) is 17.3 Å². The molecule has 2 heterocycles. The molecule has 6 heteroatoms. The zero-order chi connectivity index (χ0) is 12.7. The van der Waals surface area contributed by atoms with Gasteiger partial charge in [0.25, 0.3) is 0 Å². The van der Waals surface area contributed by atoms with Crippen LogP contribution in [0, 0.1) is 0 Å². The molecule has 0 spiro atoms. The normalized spacial score (nSPS) is 10.6. The van der Waals surface area contributed by atoms with Crippen LogP contribution in [-0.4, -0.2) is 17.3 Å². The average molecular weight is 251 g/mol. The number of carbonyl (C=O) groups is 1. The van der Waals surface area contributed by atoms with Gasteiger partial charge in [-0.3, -0.25) is 4.57 Å². The molecular weight excluding hydrogens is 241 g/mol. The van der Waals surface area contributed by atoms with Crippen LogP contribution in [0.25, 0.3) is 21.8 Å². The van der Waals surface area contributed by atoms with E-state index in [4.69, 9.17) is 9.15 Å². The second-order valence-electron chi connectivity index (χ2n) is 3.84. The summed E-state index contributed by atoms with van der Waals surface area (Å²) in [7, 11) is 0. The summed E-state index contributed by atoms with van der Waals surface area (Å²) in [5.74, 6) is 0. The number of rotatable bonds is 1. The molecule has 0 radical (unpaired) electrons. The summed E-state index contributed by atoms with van der Waals surface area (Å²) in [4.78, 5) is 23.6. The maximum atomic E-state index is 11.9. The summed E-state index contributed by atoms with van der Waals surface area (Å²) in [5, 5.41) is 1.43. The molecule has 3 aromatic rings. The van der Waals surface area contributed by atoms with Gasteiger partial charge in [0.1, 0.15) is 0 Å². The largest absolute Gasteiger partial charge is 1.00 e. The molecule has 0 saturated carbocycles. The molecule has 0 atom stereocenters. The Bertz CT molecular complexity index is 796. The molecule has 0 aliphatic carbocycles. The number of benzene rings is 1. The van der Waals surface area contributed by atoms with E-state index in [0.717, 1.165) is 5.39 Å². The van der Waals surface area contributed by atoms with Crippen molar-refractivity contribution in [3.8, 4) is 0 Å². The predicted octanol–water partition coefficient (Wildman–Crippen LogP) is -0.525. The first-order valence-electron chi connectivity index (χ1n) is 5.58. The van der Waals surface area contributed by atoms with Crippen LogP contribution in [0.4, 0.5) is 4.79 Å². The molecule has 0 fully saturated rings. The molecule has 2 aromatic heterocycles. The van der Waals surface area contributed by atoms with Gasteiger partial charge >= 0.3 is 25.0 Å². The molecule has 0 saturated heterocycles. The molecule has 19 heavy (non-hydrogen) atoms. The summed E-state index contributed by atoms with van der Waals surface area (Å²) in [6, 6.07) is 7.25. The first-order chi connectivity index (χ1) is 8.74. The third-order valence-electron chi connectivity index (χ3n) is 2.84. The SMILES string of the molecule is CCOC(=O)n1c2ccccc2c2[cH-]oc(=O)c21.[Li+]. The molecule has 0 unspecified atom stereocenters. The predicted molar refractivity (Wildman–Crippen MR) is 66.0 cm³/mol. The summed E-state index contributed by atoms with van der Waals surface area (Å²) in [5.41, 5.74) is 0.345. The van der Waals surface area contributed by atoms with E-state index in [0.29, 0.717) is 10.9 Å². The zero-order valence-corrected chi connectivity index (χ0v) is 10.7. The van der Waals surface area contributed by atoms with Crippen molar-refractivity contribution in [3.63, 3.8) is 0 Å². The molecule has 0 amide bonds. The van der Waals surface area contributed by atoms with Crippen molar-refractivity contribution in [2.24, 2.45) is 0 Å². The van der Waals surface area contributed by atoms with Gasteiger partial charge in [0.05, 0.1) is 6.61 Å². The molecule has 5 nitrogen and oxygen atoms in total. The Balaban J connectivity index is 0.00000133. The van der Waals surface area contributed by atoms with Crippen LogP contribution in [0.3, 0.4) is 0 Å². The molecule has 1 aromatic carbocycles. The zero-order valence-electron chi connectivity index (χ0n) is 10.7. The molecule has 92 valence electrons. The Kier molecular flexibility index (Phi) is 3.61. The number of ether oxygens (including phenoxy) is 1. The molecule has 3 rings (SSSR count). The van der Waals surface area contributed by atoms with Crippen LogP contribution >= 0.6 is 0 Å². The number of para-hydroxylation sites is 1. The van der Waals surface area contributed by atoms with Crippen molar-refractivity contribution in [1.29, 1.82) is 0 Å². The first-order valence-corrected chi connectivity index (χ1v) is 5.58. The van der Waals surface area contributed by atoms with Crippen molar-refractivity contribution in [2.45, 2.75) is 6.92 Å². The minimum Gasteiger partial charge on any atom is -0.526 e. The fourth-order valence-electron chi connectivity index (χ4n) is 2.13. The molecule has 0 aliphatic heterocycles. The third kappa shape index (κ3) is 1.91. The summed E-state index contributed by atoms with van der Waals surface area (Å²) < 4.78 is 11.1. The third-order valence-corrected chi connectivity index (χ3v) is 2.84. The van der Waals surface area contributed by atoms with Crippen LogP contribution in [-0.2, 0) is 4.74 Å². The Labute approximate surface area is 120 Å². The Morgan fingerprint density at radius 1 is 1.42 bits per heavy atom. The smallest absolute Gasteiger partial charge is 0.526 e. The maximum absolute atomic E-state index is 11.9. The monoisotopic (exact) mass is 251 g/mol. The fraction of sp³-hybridized carbons (Fsp3) is 0.154. The Morgan fingerprint density at radius 3 is 2.89 bits per heavy atom. The van der Waals surface area contributed by atoms with Crippen molar-refractivity contribution in [1.82, 2.24) is 4.57 Å². The van der Waals surface area contributed by atoms with Gasteiger partial charge in [-0.05, 0) is 13.0 Å². The van der Waals surface area contributed by atoms with Crippen molar-refractivity contribution < 1.29 is 32.8 Å². The van der Waals surface area contributed by atoms with E-state index in [1.54, 1.807) is 19.1 Å². The molecule has 0 N–H and O–H groups in total. The van der Waals surface area contributed by atoms with E-state index < -0.39 is 11.7 Å². The topological polar surface area (TPSA) is 61.4 Å². The summed E-state index contributed by atoms with van der Waals surface area (Å²) in [6.07, 6.45) is 0.803. The number of carbonyl (C=O) groups excluding carboxylic acids is 1. The van der Waals surface area contributed by atoms with Gasteiger partial charge in [-0.15, -0.1) is 0 Å². The minimum atomic E-state index is -0.567. The fourth-order valence-corrected chi connectivity index (χ4v) is 2.13. The van der Waals surface area contributed by atoms with Crippen LogP contribution in [0.1, 0.15) is 6.92 Å². The van der Waals surface area contributed by atoms with Gasteiger partial charge in [-0.1, -0.05) is 29.0 Å². The molecule has 0 aliphatic rings. The van der Waals surface area contributed by atoms with E-state index in [-0.39, 0.29) is 31.0 Å². The average Bonchev–Trinajstić information content (AvgIpc) is 2.89. The van der Waals surface area contributed by atoms with Gasteiger partial charge in [0.2, 0.25) is 5.63 Å². The number of aromatic nitrogens is 1. The van der Waals surface area contributed by atoms with Crippen molar-refractivity contribution in [3.05, 3.63) is 40.9 Å². The Hall–Kier alpha value is -1.83. The summed E-state index contributed by atoms with van der Waals surface area (Å²) >= 11 is 0. The van der Waals surface area contributed by atoms with Crippen LogP contribution < -0.4 is 24.5 Å². The maximum Gasteiger partial charge on any atom is 1.00 e. The van der Waals surface area contributed by atoms with E-state index in [1.807, 2.05) is 12.1 Å². The second-order valence-corrected chi connectivity index (χ2v) is 3.84. The van der Waals surface area contributed by atoms with E-state index in [2.05, 4.69) is 0 Å². The van der Waals surface area contributed by atoms with Crippen molar-refractivity contribution >= 4 is 27.9 Å². The van der Waals surface area contributed by atoms with Crippen LogP contribution in [0.5, 0.6) is 0 Å². The number of furan rings is 1. The van der Waals surface area contributed by atoms with Gasteiger partial charge in [-0.25, -0.2) is 4.79 Å². The molecule has 0 bridgehead atoms. The number of hydrogen-bond donors (Lipinski definition) is 0. The Morgan fingerprint density at radius 2 is 2.16 bits per heavy atom. The van der Waals surface area contributed by atoms with E-state index in [1.165, 1.54) is 10.8 Å². The first kappa shape index (κ1) is 13.6. The number of hydrogen-bond acceptors (Lipinski definition) is 4. The van der Waals surface area contributed by atoms with Crippen LogP contribution in [0.2, 0.25) is 0 Å². The van der Waals surface area contributed by atoms with E-state index >= 15 is 0 Å². The van der Waals surface area contributed by atoms with Gasteiger partial charge < -0.3 is 13.9 Å². The standard InChI is InChI=1S/C13H10NO4.Li/c1-2-17-13(16)14-10-6-4-3-5-8(10)9-7-18-12(15)11(9)14;/h3-7H,2H2,1H3;/q-1;+1.